The number of halogens is 11. The van der Waals surface area contributed by atoms with Crippen LogP contribution in [0, 0.1) is 75.5 Å². The zero-order valence-corrected chi connectivity index (χ0v) is 80.3. The average molecular weight is 1930 g/mol. The Morgan fingerprint density at radius 1 is 0.338 bits per heavy atom. The second-order valence-electron chi connectivity index (χ2n) is 38.2. The highest BCUT2D eigenvalue weighted by Crippen LogP contribution is 2.45. The quantitative estimate of drug-likeness (QED) is 0.0529. The lowest BCUT2D eigenvalue weighted by Crippen LogP contribution is -2.38. The molecule has 5 saturated heterocycles. The summed E-state index contributed by atoms with van der Waals surface area (Å²) in [7, 11) is 0. The maximum atomic E-state index is 14.6. The predicted octanol–water partition coefficient (Wildman–Crippen LogP) is 23.7. The van der Waals surface area contributed by atoms with Gasteiger partial charge < -0.3 is 34.0 Å². The van der Waals surface area contributed by atoms with Crippen molar-refractivity contribution in [2.45, 2.75) is 192 Å². The third kappa shape index (κ3) is 21.7. The molecule has 0 radical (unpaired) electrons. The van der Waals surface area contributed by atoms with Crippen molar-refractivity contribution in [3.63, 3.8) is 0 Å². The van der Waals surface area contributed by atoms with E-state index in [4.69, 9.17) is 16.6 Å². The van der Waals surface area contributed by atoms with Crippen LogP contribution in [0.4, 0.5) is 73.0 Å². The van der Waals surface area contributed by atoms with Gasteiger partial charge in [0.15, 0.2) is 23.1 Å². The molecule has 20 rings (SSSR count). The van der Waals surface area contributed by atoms with Crippen molar-refractivity contribution in [2.75, 3.05) is 89.9 Å². The van der Waals surface area contributed by atoms with Crippen LogP contribution in [0.5, 0.6) is 11.5 Å². The van der Waals surface area contributed by atoms with E-state index < -0.39 is 35.9 Å². The number of nitriles is 1. The molecule has 730 valence electrons. The van der Waals surface area contributed by atoms with Gasteiger partial charge >= 0.3 is 12.7 Å². The fraction of sp³-hybridized carbons (Fsp3) is 0.440. The van der Waals surface area contributed by atoms with Gasteiger partial charge in [0.05, 0.1) is 70.0 Å². The number of anilines is 5. The number of nitrogens with one attached hydrogen (secondary N) is 5. The number of hydrogen-bond acceptors (Lipinski definition) is 23. The van der Waals surface area contributed by atoms with Crippen molar-refractivity contribution in [3.05, 3.63) is 167 Å². The number of H-pyrrole nitrogens is 5. The number of hydrogen-bond donors (Lipinski definition) is 5. The summed E-state index contributed by atoms with van der Waals surface area (Å²) in [6.45, 7) is 35.6. The van der Waals surface area contributed by atoms with E-state index in [1.54, 1.807) is 81.2 Å². The van der Waals surface area contributed by atoms with Crippen molar-refractivity contribution >= 4 is 96.5 Å². The minimum Gasteiger partial charge on any atom is -0.403 e. The van der Waals surface area contributed by atoms with Gasteiger partial charge in [-0.2, -0.15) is 30.8 Å². The smallest absolute Gasteiger partial charge is 0.403 e. The third-order valence-corrected chi connectivity index (χ3v) is 29.6. The molecular weight excluding hydrogens is 1820 g/mol. The summed E-state index contributed by atoms with van der Waals surface area (Å²) in [5.41, 5.74) is 11.7. The van der Waals surface area contributed by atoms with Crippen molar-refractivity contribution in [1.82, 2.24) is 101 Å². The number of benzene rings is 5. The minimum absolute atomic E-state index is 0.127. The molecule has 139 heavy (non-hydrogen) atoms. The van der Waals surface area contributed by atoms with E-state index in [2.05, 4.69) is 205 Å². The van der Waals surface area contributed by atoms with E-state index in [-0.39, 0.29) is 56.5 Å². The predicted molar refractivity (Wildman–Crippen MR) is 517 cm³/mol. The molecule has 5 aliphatic rings. The number of rotatable bonds is 17. The highest BCUT2D eigenvalue weighted by molar-refractivity contribution is 6.34. The van der Waals surface area contributed by atoms with Crippen molar-refractivity contribution in [1.29, 1.82) is 5.26 Å². The molecule has 0 bridgehead atoms. The maximum absolute atomic E-state index is 14.6. The van der Waals surface area contributed by atoms with E-state index in [9.17, 15) is 49.2 Å². The molecule has 15 heterocycles. The van der Waals surface area contributed by atoms with Gasteiger partial charge in [0.1, 0.15) is 74.4 Å². The van der Waals surface area contributed by atoms with Crippen LogP contribution < -0.4 is 34.0 Å². The monoisotopic (exact) mass is 1930 g/mol. The minimum atomic E-state index is -4.99. The molecule has 10 aromatic heterocycles. The Balaban J connectivity index is 0.000000126. The van der Waals surface area contributed by atoms with Crippen LogP contribution in [0.3, 0.4) is 0 Å². The van der Waals surface area contributed by atoms with Crippen LogP contribution in [0.1, 0.15) is 182 Å². The van der Waals surface area contributed by atoms with E-state index in [1.165, 1.54) is 43.5 Å². The molecule has 5 aliphatic heterocycles. The van der Waals surface area contributed by atoms with Crippen LogP contribution in [0.25, 0.3) is 112 Å². The summed E-state index contributed by atoms with van der Waals surface area (Å²) in [5, 5.41) is 44.7. The Hall–Kier alpha value is -13.5. The Morgan fingerprint density at radius 2 is 0.554 bits per heavy atom. The summed E-state index contributed by atoms with van der Waals surface area (Å²) in [5.74, 6) is -0.742. The second kappa shape index (κ2) is 40.5. The summed E-state index contributed by atoms with van der Waals surface area (Å²) >= 11 is 6.37. The number of aromatic nitrogens is 20. The van der Waals surface area contributed by atoms with Gasteiger partial charge in [0, 0.05) is 93.3 Å². The number of alkyl halides is 6. The van der Waals surface area contributed by atoms with Gasteiger partial charge in [-0.1, -0.05) is 161 Å². The van der Waals surface area contributed by atoms with Crippen molar-refractivity contribution in [2.24, 2.45) is 27.1 Å². The van der Waals surface area contributed by atoms with E-state index >= 15 is 0 Å². The van der Waals surface area contributed by atoms with E-state index in [1.807, 2.05) is 18.2 Å². The van der Waals surface area contributed by atoms with Crippen molar-refractivity contribution in [3.8, 4) is 73.9 Å². The number of nitrogens with zero attached hydrogens (tertiary/aromatic N) is 21. The molecule has 15 aromatic rings. The molecule has 5 fully saturated rings. The zero-order chi connectivity index (χ0) is 98.7. The average Bonchev–Trinajstić information content (AvgIpc) is 1.66. The third-order valence-electron chi connectivity index (χ3n) is 29.2. The van der Waals surface area contributed by atoms with Crippen molar-refractivity contribution < 1.29 is 53.4 Å². The highest BCUT2D eigenvalue weighted by atomic mass is 35.5. The molecule has 0 unspecified atom stereocenters. The molecule has 0 amide bonds. The second-order valence-corrected chi connectivity index (χ2v) is 38.6. The van der Waals surface area contributed by atoms with Gasteiger partial charge in [0.2, 0.25) is 28.2 Å². The number of fused-ring (bicyclic) bond motifs is 5. The number of ether oxygens (including phenoxy) is 2. The Bertz CT molecular complexity index is 6600. The molecule has 28 nitrogen and oxygen atoms in total. The summed E-state index contributed by atoms with van der Waals surface area (Å²) in [6.07, 6.45) is 15.5. The topological polar surface area (TPSA) is 331 Å². The maximum Gasteiger partial charge on any atom is 0.573 e. The van der Waals surface area contributed by atoms with Crippen LogP contribution >= 0.6 is 11.6 Å². The lowest BCUT2D eigenvalue weighted by molar-refractivity contribution is -0.276. The summed E-state index contributed by atoms with van der Waals surface area (Å²) in [4.78, 5) is 56.6. The van der Waals surface area contributed by atoms with Gasteiger partial charge in [-0.25, -0.2) is 67.4 Å². The summed E-state index contributed by atoms with van der Waals surface area (Å²) < 4.78 is 141. The number of aromatic amines is 5. The molecule has 0 saturated carbocycles. The van der Waals surface area contributed by atoms with Crippen LogP contribution in [-0.4, -0.2) is 179 Å². The van der Waals surface area contributed by atoms with Crippen LogP contribution in [0.2, 0.25) is 5.02 Å². The fourth-order valence-electron chi connectivity index (χ4n) is 18.1. The Kier molecular flexibility index (Phi) is 28.7. The zero-order valence-electron chi connectivity index (χ0n) is 79.6. The summed E-state index contributed by atoms with van der Waals surface area (Å²) in [6, 6.07) is 25.1. The first-order valence-corrected chi connectivity index (χ1v) is 47.4. The fourth-order valence-corrected chi connectivity index (χ4v) is 18.3. The molecule has 0 atom stereocenters. The van der Waals surface area contributed by atoms with E-state index in [0.29, 0.717) is 128 Å². The lowest BCUT2D eigenvalue weighted by Gasteiger charge is -2.39. The van der Waals surface area contributed by atoms with Gasteiger partial charge in [-0.3, -0.25) is 25.5 Å². The molecule has 5 aromatic carbocycles. The van der Waals surface area contributed by atoms with Crippen LogP contribution in [0.15, 0.2) is 122 Å². The lowest BCUT2D eigenvalue weighted by atomic mass is 9.78. The molecule has 5 N–H and O–H groups in total. The first-order chi connectivity index (χ1) is 66.4. The first kappa shape index (κ1) is 98.6. The van der Waals surface area contributed by atoms with Gasteiger partial charge in [0.25, 0.3) is 0 Å². The largest absolute Gasteiger partial charge is 0.573 e. The molecular formula is C100H111ClF10N26O2. The first-order valence-electron chi connectivity index (χ1n) is 47.0. The highest BCUT2D eigenvalue weighted by Gasteiger charge is 2.39. The Labute approximate surface area is 801 Å². The van der Waals surface area contributed by atoms with Crippen LogP contribution in [-0.2, 0) is 0 Å². The SMILES string of the molecule is CCC1(C)CCN(c2cnc3c(-c4cccc(C#N)c4Cl)[nH]nc3n2)CC1.CCC1(C)CCN(c2cnc3c(-c4cccc(C)c4F)[nH]nc3n2)CC1.CCC1(C)CCN(c2cnc3c(-c4cccc(C)c4F)[nH]nc3n2)CC1.CCC1(C)CCN(c2cnc3c(-c4cccc(OC(F)(F)F)c4F)[nH]nc3n2)CC1.CCC1(C)CCN(c2cnc3c(-c4cccc(OC(F)(F)F)c4F)[nH]nc3n2)CC1. The molecule has 39 heteroatoms. The van der Waals surface area contributed by atoms with E-state index in [0.717, 1.165) is 172 Å². The molecule has 0 spiro atoms. The Morgan fingerprint density at radius 3 is 0.784 bits per heavy atom. The standard InChI is InChI=1S/C20H21ClN6.2C20H21F4N5O.2C20H24FN5/c1-3-20(2)7-9-27(10-8-20)15-12-23-18-17(25-26-19(18)24-15)14-6-4-5-13(11-22)16(14)21;2*1-3-19(2)7-9-29(10-8-19)14-11-25-17-16(27-28-18(17)26-14)12-5-4-6-13(15(12)21)30-20(22,23)24;2*1-4-20(3)8-10-26(11-9-20)15-12-22-18-17(24-25-19(18)23-15)14-7-5-6-13(2)16(14)21/h4-6,12H,3,7-10H2,1-2H3,(H,24,25,26);2*4-6,11H,3,7-10H2,1-2H3,(H,26,27,28);2*5-7,12H,4,8-11H2,1-3H3,(H,23,24,25). The number of piperidine rings is 5. The molecule has 0 aliphatic carbocycles. The van der Waals surface area contributed by atoms with Gasteiger partial charge in [-0.15, -0.1) is 26.3 Å². The number of aryl methyl sites for hydroxylation is 2. The normalized spacial score (nSPS) is 16.8. The van der Waals surface area contributed by atoms with Gasteiger partial charge in [-0.05, 0) is 159 Å².